The molecule has 0 aromatic carbocycles. The van der Waals surface area contributed by atoms with Gasteiger partial charge in [0.1, 0.15) is 5.84 Å². The minimum absolute atomic E-state index is 0.117. The Bertz CT molecular complexity index is 485. The van der Waals surface area contributed by atoms with Crippen molar-refractivity contribution in [1.29, 1.82) is 5.41 Å². The quantitative estimate of drug-likeness (QED) is 0.634. The number of nitrogens with two attached hydrogens (primary N) is 1. The summed E-state index contributed by atoms with van der Waals surface area (Å²) in [7, 11) is 0. The van der Waals surface area contributed by atoms with Crippen molar-refractivity contribution in [3.05, 3.63) is 23.0 Å². The highest BCUT2D eigenvalue weighted by Gasteiger charge is 2.25. The molecule has 1 aliphatic heterocycles. The normalized spacial score (nSPS) is 23.5. The van der Waals surface area contributed by atoms with E-state index in [0.29, 0.717) is 11.8 Å². The molecule has 1 aromatic rings. The largest absolute Gasteiger partial charge is 0.384 e. The van der Waals surface area contributed by atoms with Crippen LogP contribution in [0.25, 0.3) is 0 Å². The number of anilines is 1. The zero-order valence-corrected chi connectivity index (χ0v) is 12.3. The van der Waals surface area contributed by atoms with Crippen molar-refractivity contribution in [1.82, 2.24) is 4.98 Å². The number of hydrogen-bond acceptors (Lipinski definition) is 3. The highest BCUT2D eigenvalue weighted by atomic mass is 15.1. The van der Waals surface area contributed by atoms with E-state index in [0.717, 1.165) is 35.7 Å². The fourth-order valence-corrected chi connectivity index (χ4v) is 3.25. The fourth-order valence-electron chi connectivity index (χ4n) is 3.25. The Morgan fingerprint density at radius 3 is 2.42 bits per heavy atom. The topological polar surface area (TPSA) is 66.0 Å². The van der Waals surface area contributed by atoms with E-state index in [1.807, 2.05) is 13.8 Å². The van der Waals surface area contributed by atoms with Gasteiger partial charge in [0.15, 0.2) is 0 Å². The number of nitrogens with one attached hydrogen (secondary N) is 1. The molecule has 1 aliphatic rings. The van der Waals surface area contributed by atoms with E-state index in [-0.39, 0.29) is 5.84 Å². The summed E-state index contributed by atoms with van der Waals surface area (Å²) in [4.78, 5) is 6.81. The minimum atomic E-state index is 0.117. The molecule has 2 unspecified atom stereocenters. The molecule has 3 N–H and O–H groups in total. The van der Waals surface area contributed by atoms with Gasteiger partial charge in [0.2, 0.25) is 0 Å². The number of nitrogens with zero attached hydrogens (tertiary/aromatic N) is 2. The fraction of sp³-hybridized carbons (Fsp3) is 0.600. The van der Waals surface area contributed by atoms with Crippen LogP contribution in [-0.2, 0) is 0 Å². The number of pyridine rings is 1. The molecule has 4 nitrogen and oxygen atoms in total. The van der Waals surface area contributed by atoms with E-state index in [4.69, 9.17) is 11.1 Å². The van der Waals surface area contributed by atoms with Crippen molar-refractivity contribution in [2.75, 3.05) is 18.0 Å². The van der Waals surface area contributed by atoms with Gasteiger partial charge in [0.05, 0.1) is 16.9 Å². The van der Waals surface area contributed by atoms with Gasteiger partial charge in [-0.05, 0) is 38.2 Å². The van der Waals surface area contributed by atoms with E-state index in [1.54, 1.807) is 0 Å². The van der Waals surface area contributed by atoms with Crippen LogP contribution in [0.5, 0.6) is 0 Å². The van der Waals surface area contributed by atoms with Gasteiger partial charge in [-0.1, -0.05) is 13.8 Å². The van der Waals surface area contributed by atoms with Crippen molar-refractivity contribution in [2.45, 2.75) is 34.1 Å². The number of aryl methyl sites for hydroxylation is 2. The molecule has 0 amide bonds. The lowest BCUT2D eigenvalue weighted by atomic mass is 9.91. The van der Waals surface area contributed by atoms with Gasteiger partial charge in [-0.2, -0.15) is 0 Å². The lowest BCUT2D eigenvalue weighted by Gasteiger charge is -2.37. The Morgan fingerprint density at radius 2 is 1.89 bits per heavy atom. The summed E-state index contributed by atoms with van der Waals surface area (Å²) >= 11 is 0. The van der Waals surface area contributed by atoms with Gasteiger partial charge in [-0.3, -0.25) is 10.4 Å². The van der Waals surface area contributed by atoms with Crippen LogP contribution in [-0.4, -0.2) is 23.9 Å². The maximum atomic E-state index is 7.82. The molecule has 0 aliphatic carbocycles. The SMILES string of the molecule is Cc1cc(N2CC(C)CC(C)C2)c(C(=N)N)c(C)n1. The second-order valence-corrected chi connectivity index (χ2v) is 6.01. The van der Waals surface area contributed by atoms with Crippen LogP contribution in [0, 0.1) is 31.1 Å². The maximum absolute atomic E-state index is 7.82. The average molecular weight is 260 g/mol. The van der Waals surface area contributed by atoms with Crippen molar-refractivity contribution in [3.63, 3.8) is 0 Å². The Hall–Kier alpha value is -1.58. The first-order valence-electron chi connectivity index (χ1n) is 6.96. The lowest BCUT2D eigenvalue weighted by molar-refractivity contribution is 0.356. The minimum Gasteiger partial charge on any atom is -0.384 e. The smallest absolute Gasteiger partial charge is 0.126 e. The second-order valence-electron chi connectivity index (χ2n) is 6.01. The summed E-state index contributed by atoms with van der Waals surface area (Å²) in [6.07, 6.45) is 1.27. The predicted octanol–water partition coefficient (Wildman–Crippen LogP) is 2.46. The molecule has 104 valence electrons. The zero-order chi connectivity index (χ0) is 14.2. The predicted molar refractivity (Wildman–Crippen MR) is 79.9 cm³/mol. The molecular weight excluding hydrogens is 236 g/mol. The van der Waals surface area contributed by atoms with Gasteiger partial charge in [-0.15, -0.1) is 0 Å². The number of hydrogen-bond donors (Lipinski definition) is 2. The molecule has 19 heavy (non-hydrogen) atoms. The highest BCUT2D eigenvalue weighted by molar-refractivity contribution is 6.01. The number of rotatable bonds is 2. The molecule has 2 rings (SSSR count). The number of aromatic nitrogens is 1. The van der Waals surface area contributed by atoms with E-state index in [9.17, 15) is 0 Å². The molecule has 1 fully saturated rings. The molecule has 4 heteroatoms. The molecule has 1 saturated heterocycles. The zero-order valence-electron chi connectivity index (χ0n) is 12.3. The summed E-state index contributed by atoms with van der Waals surface area (Å²) in [5.41, 5.74) is 9.48. The van der Waals surface area contributed by atoms with Crippen molar-refractivity contribution in [3.8, 4) is 0 Å². The van der Waals surface area contributed by atoms with Crippen LogP contribution < -0.4 is 10.6 Å². The van der Waals surface area contributed by atoms with Crippen LogP contribution in [0.3, 0.4) is 0 Å². The van der Waals surface area contributed by atoms with Crippen molar-refractivity contribution >= 4 is 11.5 Å². The van der Waals surface area contributed by atoms with E-state index in [2.05, 4.69) is 29.8 Å². The van der Waals surface area contributed by atoms with Crippen molar-refractivity contribution < 1.29 is 0 Å². The van der Waals surface area contributed by atoms with E-state index < -0.39 is 0 Å². The summed E-state index contributed by atoms with van der Waals surface area (Å²) in [5, 5.41) is 7.82. The Morgan fingerprint density at radius 1 is 1.32 bits per heavy atom. The first-order chi connectivity index (χ1) is 8.88. The Balaban J connectivity index is 2.45. The van der Waals surface area contributed by atoms with E-state index in [1.165, 1.54) is 6.42 Å². The maximum Gasteiger partial charge on any atom is 0.126 e. The van der Waals surface area contributed by atoms with Gasteiger partial charge in [-0.25, -0.2) is 0 Å². The van der Waals surface area contributed by atoms with Crippen LogP contribution >= 0.6 is 0 Å². The van der Waals surface area contributed by atoms with Crippen molar-refractivity contribution in [2.24, 2.45) is 17.6 Å². The molecule has 0 spiro atoms. The lowest BCUT2D eigenvalue weighted by Crippen LogP contribution is -2.40. The molecule has 0 radical (unpaired) electrons. The molecule has 2 atom stereocenters. The monoisotopic (exact) mass is 260 g/mol. The van der Waals surface area contributed by atoms with Crippen LogP contribution in [0.4, 0.5) is 5.69 Å². The molecule has 0 saturated carbocycles. The number of piperidine rings is 1. The van der Waals surface area contributed by atoms with Crippen LogP contribution in [0.2, 0.25) is 0 Å². The highest BCUT2D eigenvalue weighted by Crippen LogP contribution is 2.30. The summed E-state index contributed by atoms with van der Waals surface area (Å²) in [6, 6.07) is 2.06. The third kappa shape index (κ3) is 2.88. The van der Waals surface area contributed by atoms with Crippen LogP contribution in [0.15, 0.2) is 6.07 Å². The van der Waals surface area contributed by atoms with Gasteiger partial charge in [0, 0.05) is 18.8 Å². The Kier molecular flexibility index (Phi) is 3.78. The molecule has 0 bridgehead atoms. The number of nitrogen functional groups attached to an aromatic ring is 1. The second kappa shape index (κ2) is 5.19. The summed E-state index contributed by atoms with van der Waals surface area (Å²) < 4.78 is 0. The average Bonchev–Trinajstić information content (AvgIpc) is 2.25. The first-order valence-corrected chi connectivity index (χ1v) is 6.96. The van der Waals surface area contributed by atoms with E-state index >= 15 is 0 Å². The van der Waals surface area contributed by atoms with Gasteiger partial charge in [0.25, 0.3) is 0 Å². The molecule has 2 heterocycles. The first kappa shape index (κ1) is 13.8. The van der Waals surface area contributed by atoms with Gasteiger partial charge < -0.3 is 10.6 Å². The summed E-state index contributed by atoms with van der Waals surface area (Å²) in [6.45, 7) is 10.6. The standard InChI is InChI=1S/C15H24N4/c1-9-5-10(2)8-19(7-9)13-6-11(3)18-12(4)14(13)15(16)17/h6,9-10H,5,7-8H2,1-4H3,(H3,16,17). The summed E-state index contributed by atoms with van der Waals surface area (Å²) in [5.74, 6) is 1.47. The Labute approximate surface area is 115 Å². The third-order valence-corrected chi connectivity index (χ3v) is 3.79. The molecular formula is C15H24N4. The molecule has 1 aromatic heterocycles. The van der Waals surface area contributed by atoms with Gasteiger partial charge >= 0.3 is 0 Å². The van der Waals surface area contributed by atoms with Crippen LogP contribution in [0.1, 0.15) is 37.2 Å². The third-order valence-electron chi connectivity index (χ3n) is 3.79. The number of amidine groups is 1.